The molecule has 0 bridgehead atoms. The maximum atomic E-state index is 13.0. The van der Waals surface area contributed by atoms with Gasteiger partial charge in [-0.3, -0.25) is 0 Å². The van der Waals surface area contributed by atoms with Gasteiger partial charge in [0.05, 0.1) is 5.56 Å². The van der Waals surface area contributed by atoms with Crippen LogP contribution in [0.2, 0.25) is 0 Å². The highest BCUT2D eigenvalue weighted by atomic mass is 79.9. The largest absolute Gasteiger partial charge is 0.457 e. The van der Waals surface area contributed by atoms with Gasteiger partial charge in [-0.2, -0.15) is 0 Å². The van der Waals surface area contributed by atoms with Gasteiger partial charge in [-0.25, -0.2) is 13.6 Å². The van der Waals surface area contributed by atoms with Gasteiger partial charge in [-0.15, -0.1) is 0 Å². The van der Waals surface area contributed by atoms with E-state index in [0.717, 1.165) is 18.2 Å². The number of esters is 1. The smallest absolute Gasteiger partial charge is 0.338 e. The second-order valence-corrected chi connectivity index (χ2v) is 5.44. The summed E-state index contributed by atoms with van der Waals surface area (Å²) in [6.45, 7) is 1.47. The third-order valence-electron chi connectivity index (χ3n) is 2.92. The van der Waals surface area contributed by atoms with E-state index in [1.54, 1.807) is 19.1 Å². The number of halogens is 3. The molecule has 0 amide bonds. The van der Waals surface area contributed by atoms with Gasteiger partial charge < -0.3 is 10.5 Å². The van der Waals surface area contributed by atoms with Crippen LogP contribution in [0.4, 0.5) is 14.5 Å². The number of carbonyl (C=O) groups is 1. The summed E-state index contributed by atoms with van der Waals surface area (Å²) in [6.07, 6.45) is 0. The van der Waals surface area contributed by atoms with Gasteiger partial charge in [0.1, 0.15) is 18.2 Å². The molecule has 2 aromatic carbocycles. The highest BCUT2D eigenvalue weighted by molar-refractivity contribution is 9.10. The van der Waals surface area contributed by atoms with Gasteiger partial charge in [-0.1, -0.05) is 15.9 Å². The van der Waals surface area contributed by atoms with Crippen LogP contribution in [-0.4, -0.2) is 5.97 Å². The number of nitrogens with two attached hydrogens (primary N) is 1. The molecule has 2 N–H and O–H groups in total. The zero-order valence-corrected chi connectivity index (χ0v) is 12.7. The van der Waals surface area contributed by atoms with E-state index in [9.17, 15) is 13.6 Å². The van der Waals surface area contributed by atoms with E-state index in [0.29, 0.717) is 21.3 Å². The molecule has 0 saturated carbocycles. The lowest BCUT2D eigenvalue weighted by atomic mass is 10.1. The van der Waals surface area contributed by atoms with E-state index in [1.807, 2.05) is 0 Å². The second-order valence-electron chi connectivity index (χ2n) is 4.52. The molecular weight excluding hydrogens is 344 g/mol. The molecular formula is C15H12BrF2NO2. The molecule has 0 aliphatic rings. The lowest BCUT2D eigenvalue weighted by Crippen LogP contribution is -2.09. The van der Waals surface area contributed by atoms with Crippen molar-refractivity contribution in [1.82, 2.24) is 0 Å². The highest BCUT2D eigenvalue weighted by Crippen LogP contribution is 2.23. The molecule has 0 aliphatic carbocycles. The molecule has 0 fully saturated rings. The summed E-state index contributed by atoms with van der Waals surface area (Å²) >= 11 is 3.24. The average molecular weight is 356 g/mol. The number of benzene rings is 2. The van der Waals surface area contributed by atoms with Crippen LogP contribution < -0.4 is 5.73 Å². The van der Waals surface area contributed by atoms with Gasteiger partial charge in [0.2, 0.25) is 0 Å². The Labute approximate surface area is 128 Å². The van der Waals surface area contributed by atoms with Crippen molar-refractivity contribution in [3.05, 3.63) is 63.1 Å². The molecule has 0 heterocycles. The van der Waals surface area contributed by atoms with E-state index in [2.05, 4.69) is 15.9 Å². The Morgan fingerprint density at radius 3 is 2.43 bits per heavy atom. The van der Waals surface area contributed by atoms with E-state index in [-0.39, 0.29) is 12.2 Å². The Kier molecular flexibility index (Phi) is 4.57. The fraction of sp³-hybridized carbons (Fsp3) is 0.133. The summed E-state index contributed by atoms with van der Waals surface area (Å²) < 4.78 is 31.8. The third-order valence-corrected chi connectivity index (χ3v) is 3.38. The zero-order valence-electron chi connectivity index (χ0n) is 11.1. The van der Waals surface area contributed by atoms with Gasteiger partial charge >= 0.3 is 5.97 Å². The third kappa shape index (κ3) is 3.78. The molecule has 0 aliphatic heterocycles. The Morgan fingerprint density at radius 2 is 1.81 bits per heavy atom. The second kappa shape index (κ2) is 6.22. The monoisotopic (exact) mass is 355 g/mol. The fourth-order valence-corrected chi connectivity index (χ4v) is 2.31. The molecule has 0 spiro atoms. The molecule has 6 heteroatoms. The Balaban J connectivity index is 2.15. The molecule has 2 rings (SSSR count). The van der Waals surface area contributed by atoms with Crippen molar-refractivity contribution < 1.29 is 18.3 Å². The summed E-state index contributed by atoms with van der Waals surface area (Å²) in [5.41, 5.74) is 7.35. The van der Waals surface area contributed by atoms with Crippen molar-refractivity contribution in [2.45, 2.75) is 13.5 Å². The minimum Gasteiger partial charge on any atom is -0.457 e. The maximum Gasteiger partial charge on any atom is 0.338 e. The summed E-state index contributed by atoms with van der Waals surface area (Å²) in [5.74, 6) is -2.04. The van der Waals surface area contributed by atoms with Crippen molar-refractivity contribution in [3.8, 4) is 0 Å². The molecule has 0 aromatic heterocycles. The van der Waals surface area contributed by atoms with Crippen molar-refractivity contribution in [2.24, 2.45) is 0 Å². The number of ether oxygens (including phenoxy) is 1. The minimum absolute atomic E-state index is 0.223. The number of hydrogen-bond acceptors (Lipinski definition) is 3. The average Bonchev–Trinajstić information content (AvgIpc) is 2.39. The Hall–Kier alpha value is -1.95. The fourth-order valence-electron chi connectivity index (χ4n) is 1.83. The Morgan fingerprint density at radius 1 is 1.19 bits per heavy atom. The van der Waals surface area contributed by atoms with Crippen LogP contribution in [0.25, 0.3) is 0 Å². The van der Waals surface area contributed by atoms with Gasteiger partial charge in [0, 0.05) is 16.2 Å². The molecule has 2 aromatic rings. The lowest BCUT2D eigenvalue weighted by Gasteiger charge is -2.10. The van der Waals surface area contributed by atoms with Crippen LogP contribution >= 0.6 is 15.9 Å². The predicted molar refractivity (Wildman–Crippen MR) is 78.8 cm³/mol. The van der Waals surface area contributed by atoms with Crippen LogP contribution in [0.5, 0.6) is 0 Å². The first-order chi connectivity index (χ1) is 9.86. The summed E-state index contributed by atoms with van der Waals surface area (Å²) in [5, 5.41) is 0. The number of anilines is 1. The van der Waals surface area contributed by atoms with E-state index >= 15 is 0 Å². The van der Waals surface area contributed by atoms with Crippen LogP contribution in [0.3, 0.4) is 0 Å². The lowest BCUT2D eigenvalue weighted by molar-refractivity contribution is 0.0471. The molecule has 0 unspecified atom stereocenters. The minimum atomic E-state index is -0.719. The van der Waals surface area contributed by atoms with E-state index in [4.69, 9.17) is 10.5 Å². The quantitative estimate of drug-likeness (QED) is 0.669. The Bertz CT molecular complexity index is 684. The van der Waals surface area contributed by atoms with Gasteiger partial charge in [0.25, 0.3) is 0 Å². The first-order valence-corrected chi connectivity index (χ1v) is 6.84. The van der Waals surface area contributed by atoms with Gasteiger partial charge in [0.15, 0.2) is 0 Å². The van der Waals surface area contributed by atoms with Crippen LogP contribution in [0, 0.1) is 18.6 Å². The highest BCUT2D eigenvalue weighted by Gasteiger charge is 2.14. The number of rotatable bonds is 3. The maximum absolute atomic E-state index is 13.0. The van der Waals surface area contributed by atoms with Crippen LogP contribution in [0.1, 0.15) is 21.5 Å². The SMILES string of the molecule is Cc1c(N)cc(Br)cc1C(=O)OCc1cc(F)cc(F)c1. The molecule has 0 saturated heterocycles. The van der Waals surface area contributed by atoms with Crippen LogP contribution in [-0.2, 0) is 11.3 Å². The summed E-state index contributed by atoms with van der Waals surface area (Å²) in [4.78, 5) is 12.0. The summed E-state index contributed by atoms with van der Waals surface area (Å²) in [7, 11) is 0. The van der Waals surface area contributed by atoms with E-state index in [1.165, 1.54) is 0 Å². The molecule has 110 valence electrons. The first kappa shape index (κ1) is 15.4. The standard InChI is InChI=1S/C15H12BrF2NO2/c1-8-13(4-10(16)5-14(8)19)15(20)21-7-9-2-11(17)6-12(18)3-9/h2-6H,7,19H2,1H3. The number of hydrogen-bond donors (Lipinski definition) is 1. The van der Waals surface area contributed by atoms with Gasteiger partial charge in [-0.05, 0) is 42.3 Å². The molecule has 21 heavy (non-hydrogen) atoms. The number of carbonyl (C=O) groups excluding carboxylic acids is 1. The predicted octanol–water partition coefficient (Wildman–Crippen LogP) is 3.97. The first-order valence-electron chi connectivity index (χ1n) is 6.04. The molecule has 0 radical (unpaired) electrons. The topological polar surface area (TPSA) is 52.3 Å². The van der Waals surface area contributed by atoms with Crippen molar-refractivity contribution in [1.29, 1.82) is 0 Å². The normalized spacial score (nSPS) is 10.5. The molecule has 0 atom stereocenters. The number of nitrogen functional groups attached to an aromatic ring is 1. The molecule has 3 nitrogen and oxygen atoms in total. The summed E-state index contributed by atoms with van der Waals surface area (Å²) in [6, 6.07) is 6.23. The van der Waals surface area contributed by atoms with E-state index < -0.39 is 17.6 Å². The van der Waals surface area contributed by atoms with Crippen molar-refractivity contribution in [2.75, 3.05) is 5.73 Å². The van der Waals surface area contributed by atoms with Crippen molar-refractivity contribution >= 4 is 27.6 Å². The van der Waals surface area contributed by atoms with Crippen LogP contribution in [0.15, 0.2) is 34.8 Å². The zero-order chi connectivity index (χ0) is 15.6. The van der Waals surface area contributed by atoms with Crippen molar-refractivity contribution in [3.63, 3.8) is 0 Å².